The van der Waals surface area contributed by atoms with E-state index in [1.807, 2.05) is 0 Å². The largest absolute Gasteiger partial charge is 0.384 e. The normalized spacial score (nSPS) is 16.3. The van der Waals surface area contributed by atoms with Gasteiger partial charge in [-0.15, -0.1) is 0 Å². The van der Waals surface area contributed by atoms with Crippen molar-refractivity contribution in [3.05, 3.63) is 28.7 Å². The van der Waals surface area contributed by atoms with Gasteiger partial charge in [0.15, 0.2) is 0 Å². The lowest BCUT2D eigenvalue weighted by atomic mass is 10.1. The van der Waals surface area contributed by atoms with Crippen molar-refractivity contribution in [1.82, 2.24) is 0 Å². The maximum atomic E-state index is 3.48. The Morgan fingerprint density at radius 3 is 2.88 bits per heavy atom. The van der Waals surface area contributed by atoms with Crippen LogP contribution >= 0.6 is 27.7 Å². The molecule has 1 aromatic carbocycles. The van der Waals surface area contributed by atoms with Crippen LogP contribution in [0, 0.1) is 5.92 Å². The molecule has 1 saturated carbocycles. The van der Waals surface area contributed by atoms with Crippen LogP contribution in [0.4, 0.5) is 5.69 Å². The Labute approximate surface area is 117 Å². The van der Waals surface area contributed by atoms with Gasteiger partial charge in [0.1, 0.15) is 0 Å². The summed E-state index contributed by atoms with van der Waals surface area (Å²) in [5.41, 5.74) is 1.21. The Hall–Kier alpha value is -0.150. The zero-order chi connectivity index (χ0) is 11.9. The monoisotopic (exact) mass is 313 g/mol. The van der Waals surface area contributed by atoms with Crippen LogP contribution in [-0.4, -0.2) is 18.1 Å². The molecule has 0 aliphatic heterocycles. The van der Waals surface area contributed by atoms with Gasteiger partial charge in [0.05, 0.1) is 0 Å². The lowest BCUT2D eigenvalue weighted by Crippen LogP contribution is -2.06. The summed E-state index contributed by atoms with van der Waals surface area (Å²) in [6.45, 7) is 1.06. The molecule has 1 aromatic rings. The quantitative estimate of drug-likeness (QED) is 0.758. The highest BCUT2D eigenvalue weighted by Gasteiger charge is 2.14. The molecule has 1 nitrogen and oxygen atoms in total. The molecule has 0 amide bonds. The fourth-order valence-corrected chi connectivity index (χ4v) is 3.77. The Morgan fingerprint density at radius 2 is 2.12 bits per heavy atom. The van der Waals surface area contributed by atoms with Crippen molar-refractivity contribution < 1.29 is 0 Å². The zero-order valence-electron chi connectivity index (χ0n) is 10.1. The van der Waals surface area contributed by atoms with E-state index in [0.717, 1.165) is 16.9 Å². The second-order valence-electron chi connectivity index (χ2n) is 4.66. The Morgan fingerprint density at radius 1 is 1.29 bits per heavy atom. The molecule has 0 spiro atoms. The number of nitrogens with one attached hydrogen (secondary N) is 1. The molecule has 0 atom stereocenters. The maximum Gasteiger partial charge on any atom is 0.0351 e. The van der Waals surface area contributed by atoms with E-state index in [1.54, 1.807) is 0 Å². The van der Waals surface area contributed by atoms with E-state index in [2.05, 4.69) is 57.3 Å². The van der Waals surface area contributed by atoms with Crippen LogP contribution in [0.25, 0.3) is 0 Å². The number of rotatable bonds is 6. The van der Waals surface area contributed by atoms with Gasteiger partial charge in [-0.1, -0.05) is 34.8 Å². The average Bonchev–Trinajstić information content (AvgIpc) is 2.82. The third kappa shape index (κ3) is 4.92. The molecule has 2 rings (SSSR count). The van der Waals surface area contributed by atoms with Gasteiger partial charge in [0.2, 0.25) is 0 Å². The lowest BCUT2D eigenvalue weighted by Gasteiger charge is -2.09. The zero-order valence-corrected chi connectivity index (χ0v) is 12.5. The van der Waals surface area contributed by atoms with E-state index in [9.17, 15) is 0 Å². The summed E-state index contributed by atoms with van der Waals surface area (Å²) < 4.78 is 1.14. The predicted octanol–water partition coefficient (Wildman–Crippen LogP) is 4.78. The fourth-order valence-electron chi connectivity index (χ4n) is 2.29. The van der Waals surface area contributed by atoms with E-state index in [-0.39, 0.29) is 0 Å². The van der Waals surface area contributed by atoms with Gasteiger partial charge in [-0.3, -0.25) is 0 Å². The molecule has 17 heavy (non-hydrogen) atoms. The summed E-state index contributed by atoms with van der Waals surface area (Å²) in [6.07, 6.45) is 5.85. The van der Waals surface area contributed by atoms with E-state index < -0.39 is 0 Å². The van der Waals surface area contributed by atoms with Crippen molar-refractivity contribution in [2.45, 2.75) is 25.7 Å². The van der Waals surface area contributed by atoms with E-state index in [1.165, 1.54) is 42.9 Å². The molecule has 0 heterocycles. The molecule has 0 saturated heterocycles. The highest BCUT2D eigenvalue weighted by molar-refractivity contribution is 9.10. The van der Waals surface area contributed by atoms with Gasteiger partial charge >= 0.3 is 0 Å². The molecule has 1 N–H and O–H groups in total. The minimum Gasteiger partial charge on any atom is -0.384 e. The Bertz CT molecular complexity index is 337. The second kappa shape index (κ2) is 7.32. The van der Waals surface area contributed by atoms with Gasteiger partial charge in [-0.05, 0) is 42.7 Å². The smallest absolute Gasteiger partial charge is 0.0351 e. The molecule has 0 aromatic heterocycles. The van der Waals surface area contributed by atoms with Gasteiger partial charge in [0.25, 0.3) is 0 Å². The van der Waals surface area contributed by atoms with Crippen molar-refractivity contribution in [1.29, 1.82) is 0 Å². The first-order valence-electron chi connectivity index (χ1n) is 6.42. The summed E-state index contributed by atoms with van der Waals surface area (Å²) in [5, 5.41) is 3.46. The Balaban J connectivity index is 1.56. The third-order valence-electron chi connectivity index (χ3n) is 3.23. The van der Waals surface area contributed by atoms with Crippen molar-refractivity contribution >= 4 is 33.4 Å². The van der Waals surface area contributed by atoms with E-state index in [0.29, 0.717) is 0 Å². The highest BCUT2D eigenvalue weighted by atomic mass is 79.9. The van der Waals surface area contributed by atoms with Crippen molar-refractivity contribution in [2.24, 2.45) is 5.92 Å². The Kier molecular flexibility index (Phi) is 5.72. The van der Waals surface area contributed by atoms with E-state index >= 15 is 0 Å². The number of benzene rings is 1. The van der Waals surface area contributed by atoms with Crippen LogP contribution in [-0.2, 0) is 0 Å². The highest BCUT2D eigenvalue weighted by Crippen LogP contribution is 2.27. The SMILES string of the molecule is Brc1cccc(NCCSCC2CCCC2)c1. The van der Waals surface area contributed by atoms with Crippen molar-refractivity contribution in [3.63, 3.8) is 0 Å². The van der Waals surface area contributed by atoms with Gasteiger partial charge in [-0.2, -0.15) is 11.8 Å². The average molecular weight is 314 g/mol. The van der Waals surface area contributed by atoms with Gasteiger partial charge in [0, 0.05) is 22.5 Å². The van der Waals surface area contributed by atoms with Crippen LogP contribution in [0.3, 0.4) is 0 Å². The molecule has 0 unspecified atom stereocenters. The van der Waals surface area contributed by atoms with Crippen LogP contribution in [0.1, 0.15) is 25.7 Å². The summed E-state index contributed by atoms with van der Waals surface area (Å²) in [4.78, 5) is 0. The molecular formula is C14H20BrNS. The molecule has 94 valence electrons. The van der Waals surface area contributed by atoms with Gasteiger partial charge < -0.3 is 5.32 Å². The maximum absolute atomic E-state index is 3.48. The number of hydrogen-bond acceptors (Lipinski definition) is 2. The second-order valence-corrected chi connectivity index (χ2v) is 6.73. The van der Waals surface area contributed by atoms with E-state index in [4.69, 9.17) is 0 Å². The van der Waals surface area contributed by atoms with Gasteiger partial charge in [-0.25, -0.2) is 0 Å². The summed E-state index contributed by atoms with van der Waals surface area (Å²) >= 11 is 5.58. The first-order chi connectivity index (χ1) is 8.34. The first kappa shape index (κ1) is 13.3. The number of thioether (sulfide) groups is 1. The molecule has 1 aliphatic rings. The minimum atomic E-state index is 1.01. The lowest BCUT2D eigenvalue weighted by molar-refractivity contribution is 0.623. The van der Waals surface area contributed by atoms with Crippen LogP contribution < -0.4 is 5.32 Å². The molecule has 3 heteroatoms. The number of halogens is 1. The van der Waals surface area contributed by atoms with Crippen LogP contribution in [0.2, 0.25) is 0 Å². The van der Waals surface area contributed by atoms with Crippen molar-refractivity contribution in [2.75, 3.05) is 23.4 Å². The molecule has 1 fully saturated rings. The summed E-state index contributed by atoms with van der Waals surface area (Å²) in [6, 6.07) is 8.37. The van der Waals surface area contributed by atoms with Crippen LogP contribution in [0.15, 0.2) is 28.7 Å². The molecule has 0 radical (unpaired) electrons. The molecule has 1 aliphatic carbocycles. The summed E-state index contributed by atoms with van der Waals surface area (Å²) in [5.74, 6) is 3.58. The van der Waals surface area contributed by atoms with Crippen LogP contribution in [0.5, 0.6) is 0 Å². The van der Waals surface area contributed by atoms with Crippen molar-refractivity contribution in [3.8, 4) is 0 Å². The number of anilines is 1. The number of hydrogen-bond donors (Lipinski definition) is 1. The third-order valence-corrected chi connectivity index (χ3v) is 4.92. The molecule has 0 bridgehead atoms. The molecular weight excluding hydrogens is 294 g/mol. The first-order valence-corrected chi connectivity index (χ1v) is 8.36. The fraction of sp³-hybridized carbons (Fsp3) is 0.571. The standard InChI is InChI=1S/C14H20BrNS/c15-13-6-3-7-14(10-13)16-8-9-17-11-12-4-1-2-5-12/h3,6-7,10,12,16H,1-2,4-5,8-9,11H2. The predicted molar refractivity (Wildman–Crippen MR) is 81.9 cm³/mol. The topological polar surface area (TPSA) is 12.0 Å². The minimum absolute atomic E-state index is 1.01. The summed E-state index contributed by atoms with van der Waals surface area (Å²) in [7, 11) is 0.